The van der Waals surface area contributed by atoms with Crippen LogP contribution >= 0.6 is 0 Å². The van der Waals surface area contributed by atoms with Crippen molar-refractivity contribution in [2.24, 2.45) is 0 Å². The van der Waals surface area contributed by atoms with Gasteiger partial charge in [0.1, 0.15) is 31.4 Å². The minimum atomic E-state index is -6.00. The molecule has 0 bridgehead atoms. The van der Waals surface area contributed by atoms with E-state index < -0.39 is 7.25 Å². The molecule has 27 heavy (non-hydrogen) atoms. The summed E-state index contributed by atoms with van der Waals surface area (Å²) in [5.41, 5.74) is 3.39. The summed E-state index contributed by atoms with van der Waals surface area (Å²) in [7, 11) is -0.273. The molecular weight excluding hydrogens is 361 g/mol. The molecule has 0 saturated heterocycles. The highest BCUT2D eigenvalue weighted by Crippen LogP contribution is 2.31. The number of benzene rings is 2. The third kappa shape index (κ3) is 5.87. The lowest BCUT2D eigenvalue weighted by molar-refractivity contribution is 0.368. The fourth-order valence-corrected chi connectivity index (χ4v) is 2.52. The number of halogens is 4. The van der Waals surface area contributed by atoms with Gasteiger partial charge in [-0.3, -0.25) is 0 Å². The highest BCUT2D eigenvalue weighted by atomic mass is 19.5. The topological polar surface area (TPSA) is 25.4 Å². The van der Waals surface area contributed by atoms with Crippen molar-refractivity contribution < 1.29 is 26.4 Å². The van der Waals surface area contributed by atoms with Crippen molar-refractivity contribution in [3.63, 3.8) is 0 Å². The van der Waals surface area contributed by atoms with E-state index in [1.807, 2.05) is 38.4 Å². The van der Waals surface area contributed by atoms with Crippen molar-refractivity contribution in [1.29, 1.82) is 0 Å². The van der Waals surface area contributed by atoms with Gasteiger partial charge in [0.25, 0.3) is 0 Å². The van der Waals surface area contributed by atoms with E-state index in [1.165, 1.54) is 5.56 Å². The molecule has 0 radical (unpaired) electrons. The summed E-state index contributed by atoms with van der Waals surface area (Å²) in [5, 5.41) is 1.13. The number of hydrogen-bond donors (Lipinski definition) is 0. The molecule has 3 nitrogen and oxygen atoms in total. The van der Waals surface area contributed by atoms with Crippen molar-refractivity contribution in [2.45, 2.75) is 6.92 Å². The lowest BCUT2D eigenvalue weighted by Gasteiger charge is -2.11. The highest BCUT2D eigenvalue weighted by molar-refractivity contribution is 6.50. The lowest BCUT2D eigenvalue weighted by atomic mass is 10.0. The van der Waals surface area contributed by atoms with Crippen LogP contribution in [0.15, 0.2) is 52.9 Å². The Hall–Kier alpha value is -2.77. The molecule has 2 aliphatic rings. The van der Waals surface area contributed by atoms with Gasteiger partial charge in [0.15, 0.2) is 0 Å². The number of rotatable bonds is 2. The molecule has 144 valence electrons. The zero-order valence-electron chi connectivity index (χ0n) is 15.5. The maximum absolute atomic E-state index is 9.75. The van der Waals surface area contributed by atoms with Crippen LogP contribution in [0.3, 0.4) is 0 Å². The van der Waals surface area contributed by atoms with Crippen LogP contribution in [0.1, 0.15) is 5.56 Å². The van der Waals surface area contributed by atoms with Gasteiger partial charge in [-0.1, -0.05) is 0 Å². The molecular formula is C19H20BF4NO2. The first kappa shape index (κ1) is 20.5. The van der Waals surface area contributed by atoms with E-state index in [4.69, 9.17) is 9.15 Å². The Morgan fingerprint density at radius 3 is 2.00 bits per heavy atom. The van der Waals surface area contributed by atoms with Crippen LogP contribution in [-0.2, 0) is 0 Å². The molecule has 1 heterocycles. The molecule has 0 atom stereocenters. The zero-order valence-corrected chi connectivity index (χ0v) is 15.5. The lowest BCUT2D eigenvalue weighted by Crippen LogP contribution is -2.21. The predicted octanol–water partition coefficient (Wildman–Crippen LogP) is 4.70. The Bertz CT molecular complexity index is 939. The average molecular weight is 381 g/mol. The molecule has 0 fully saturated rings. The smallest absolute Gasteiger partial charge is 0.497 e. The molecule has 1 aromatic carbocycles. The second-order valence-electron chi connectivity index (χ2n) is 6.09. The number of methoxy groups -OCH3 is 1. The van der Waals surface area contributed by atoms with Crippen LogP contribution in [0.5, 0.6) is 5.75 Å². The summed E-state index contributed by atoms with van der Waals surface area (Å²) >= 11 is 0. The van der Waals surface area contributed by atoms with Gasteiger partial charge in [0.05, 0.1) is 13.2 Å². The fourth-order valence-electron chi connectivity index (χ4n) is 2.52. The highest BCUT2D eigenvalue weighted by Gasteiger charge is 2.20. The molecule has 1 aromatic rings. The molecule has 0 N–H and O–H groups in total. The summed E-state index contributed by atoms with van der Waals surface area (Å²) in [4.78, 5) is 0. The summed E-state index contributed by atoms with van der Waals surface area (Å²) in [5.74, 6) is 2.61. The van der Waals surface area contributed by atoms with Crippen LogP contribution in [0.25, 0.3) is 22.6 Å². The van der Waals surface area contributed by atoms with Crippen LogP contribution < -0.4 is 14.7 Å². The number of hydrogen-bond acceptors (Lipinski definition) is 2. The minimum absolute atomic E-state index is 0.844. The number of aryl methyl sites for hydroxylation is 1. The summed E-state index contributed by atoms with van der Waals surface area (Å²) in [6.07, 6.45) is 0. The fraction of sp³-hybridized carbons (Fsp3) is 0.211. The Kier molecular flexibility index (Phi) is 6.30. The Morgan fingerprint density at radius 2 is 1.48 bits per heavy atom. The number of nitrogens with zero attached hydrogens (tertiary/aromatic N) is 1. The normalized spacial score (nSPS) is 11.0. The molecule has 0 amide bonds. The third-order valence-electron chi connectivity index (χ3n) is 3.85. The predicted molar refractivity (Wildman–Crippen MR) is 99.4 cm³/mol. The maximum atomic E-state index is 9.75. The van der Waals surface area contributed by atoms with Gasteiger partial charge in [0.2, 0.25) is 5.36 Å². The summed E-state index contributed by atoms with van der Waals surface area (Å²) < 4.78 is 52.4. The van der Waals surface area contributed by atoms with E-state index in [0.29, 0.717) is 0 Å². The largest absolute Gasteiger partial charge is 0.673 e. The Balaban J connectivity index is 0.000000465. The first-order chi connectivity index (χ1) is 12.6. The minimum Gasteiger partial charge on any atom is -0.497 e. The van der Waals surface area contributed by atoms with Gasteiger partial charge in [-0.15, -0.1) is 0 Å². The second-order valence-corrected chi connectivity index (χ2v) is 6.09. The van der Waals surface area contributed by atoms with Gasteiger partial charge >= 0.3 is 7.25 Å². The van der Waals surface area contributed by atoms with E-state index in [0.717, 1.165) is 33.8 Å². The van der Waals surface area contributed by atoms with Crippen LogP contribution in [0.4, 0.5) is 17.3 Å². The Labute approximate surface area is 155 Å². The van der Waals surface area contributed by atoms with E-state index in [2.05, 4.69) is 35.8 Å². The van der Waals surface area contributed by atoms with Crippen molar-refractivity contribution in [1.82, 2.24) is 4.58 Å². The van der Waals surface area contributed by atoms with Gasteiger partial charge in [-0.05, 0) is 48.9 Å². The standard InChI is InChI=1S/C19H20NO2.BF4/c1-13-11-18(14-5-8-16(21-4)9-6-14)22-19-12-15(20(2)3)7-10-17(13)19;2-1(3,4)5/h5-12H,1-4H3;/q+1;-1. The number of ether oxygens (including phenoxy) is 1. The SMILES string of the molecule is COc1ccc(-c2cc(C)c3ccc(=[N+](C)C)cc-3o2)cc1.F[B-](F)(F)F. The molecule has 0 unspecified atom stereocenters. The first-order valence-corrected chi connectivity index (χ1v) is 8.15. The van der Waals surface area contributed by atoms with Crippen molar-refractivity contribution in [3.8, 4) is 28.4 Å². The van der Waals surface area contributed by atoms with Crippen molar-refractivity contribution in [2.75, 3.05) is 21.2 Å². The molecule has 3 rings (SSSR count). The van der Waals surface area contributed by atoms with Crippen LogP contribution in [-0.4, -0.2) is 28.5 Å². The zero-order chi connectivity index (χ0) is 20.2. The molecule has 8 heteroatoms. The monoisotopic (exact) mass is 381 g/mol. The van der Waals surface area contributed by atoms with Crippen molar-refractivity contribution in [3.05, 3.63) is 59.5 Å². The van der Waals surface area contributed by atoms with Gasteiger partial charge in [-0.25, -0.2) is 4.58 Å². The van der Waals surface area contributed by atoms with E-state index in [1.54, 1.807) is 7.11 Å². The second kappa shape index (κ2) is 8.29. The maximum Gasteiger partial charge on any atom is 0.673 e. The number of fused-ring (bicyclic) bond motifs is 1. The van der Waals surface area contributed by atoms with E-state index in [9.17, 15) is 17.3 Å². The molecule has 0 spiro atoms. The summed E-state index contributed by atoms with van der Waals surface area (Å²) in [6, 6.07) is 16.3. The third-order valence-corrected chi connectivity index (χ3v) is 3.85. The summed E-state index contributed by atoms with van der Waals surface area (Å²) in [6.45, 7) is 2.11. The van der Waals surface area contributed by atoms with Crippen LogP contribution in [0, 0.1) is 6.92 Å². The Morgan fingerprint density at radius 1 is 0.889 bits per heavy atom. The molecule has 1 aliphatic carbocycles. The van der Waals surface area contributed by atoms with Crippen molar-refractivity contribution >= 4 is 7.25 Å². The van der Waals surface area contributed by atoms with Crippen LogP contribution in [0.2, 0.25) is 0 Å². The van der Waals surface area contributed by atoms with E-state index in [-0.39, 0.29) is 0 Å². The van der Waals surface area contributed by atoms with Gasteiger partial charge in [-0.2, -0.15) is 0 Å². The van der Waals surface area contributed by atoms with Gasteiger partial charge < -0.3 is 26.4 Å². The van der Waals surface area contributed by atoms with Gasteiger partial charge in [0, 0.05) is 17.2 Å². The quantitative estimate of drug-likeness (QED) is 0.365. The van der Waals surface area contributed by atoms with E-state index >= 15 is 0 Å². The molecule has 0 saturated carbocycles. The first-order valence-electron chi connectivity index (χ1n) is 8.15. The molecule has 1 aliphatic heterocycles. The molecule has 0 aromatic heterocycles. The average Bonchev–Trinajstić information content (AvgIpc) is 2.59.